The number of hydrogen-bond donors (Lipinski definition) is 2. The number of ether oxygens (including phenoxy) is 2. The number of amides is 5. The second-order valence-corrected chi connectivity index (χ2v) is 19.1. The number of nitrogens with zero attached hydrogens (tertiary/aromatic N) is 6. The van der Waals surface area contributed by atoms with Gasteiger partial charge in [-0.15, -0.1) is 0 Å². The van der Waals surface area contributed by atoms with Gasteiger partial charge in [0, 0.05) is 67.8 Å². The van der Waals surface area contributed by atoms with Crippen molar-refractivity contribution in [3.8, 4) is 17.6 Å². The number of fused-ring (bicyclic) bond motifs is 3. The Hall–Kier alpha value is -6.66. The van der Waals surface area contributed by atoms with E-state index in [0.29, 0.717) is 46.5 Å². The summed E-state index contributed by atoms with van der Waals surface area (Å²) in [6.07, 6.45) is 8.22. The van der Waals surface area contributed by atoms with Gasteiger partial charge in [-0.25, -0.2) is 4.98 Å². The zero-order valence-electron chi connectivity index (χ0n) is 36.5. The van der Waals surface area contributed by atoms with Gasteiger partial charge >= 0.3 is 0 Å². The quantitative estimate of drug-likeness (QED) is 0.193. The maximum atomic E-state index is 13.8. The van der Waals surface area contributed by atoms with Crippen LogP contribution in [0.4, 0.5) is 5.82 Å². The predicted molar refractivity (Wildman–Crippen MR) is 235 cm³/mol. The third-order valence-corrected chi connectivity index (χ3v) is 14.6. The average Bonchev–Trinajstić information content (AvgIpc) is 3.52. The van der Waals surface area contributed by atoms with Gasteiger partial charge in [0.2, 0.25) is 11.8 Å². The van der Waals surface area contributed by atoms with Crippen LogP contribution in [0.5, 0.6) is 11.5 Å². The Kier molecular flexibility index (Phi) is 9.86. The van der Waals surface area contributed by atoms with Gasteiger partial charge in [-0.1, -0.05) is 13.8 Å². The molecule has 5 amide bonds. The highest BCUT2D eigenvalue weighted by molar-refractivity contribution is 6.23. The highest BCUT2D eigenvalue weighted by atomic mass is 16.5. The first-order valence-corrected chi connectivity index (χ1v) is 22.2. The number of anilines is 1. The molecule has 6 heterocycles. The Morgan fingerprint density at radius 2 is 1.78 bits per heavy atom. The molecule has 15 nitrogen and oxygen atoms in total. The molecule has 0 spiro atoms. The Morgan fingerprint density at radius 3 is 2.48 bits per heavy atom. The molecule has 4 aromatic rings. The van der Waals surface area contributed by atoms with Gasteiger partial charge < -0.3 is 19.7 Å². The highest BCUT2D eigenvalue weighted by Crippen LogP contribution is 2.61. The van der Waals surface area contributed by atoms with Gasteiger partial charge in [0.05, 0.1) is 39.2 Å². The second kappa shape index (κ2) is 15.3. The summed E-state index contributed by atoms with van der Waals surface area (Å²) in [7, 11) is 0. The minimum absolute atomic E-state index is 0.0638. The van der Waals surface area contributed by atoms with Crippen LogP contribution in [0.3, 0.4) is 0 Å². The molecule has 2 aliphatic carbocycles. The standard InChI is InChI=1S/C49H50N8O7/c1-26(2)56(30-20-32(21-30)63-31-8-9-33-34(22-31)45(62)57(44(33)61)36-10-13-39(58)53-43(36)60)25-27-15-18-55(19-16-27)38-12-7-29(24-52-38)42(59)54-46-48(3,4)47-49(46,5)35-14-17-51-41-28(23-50)6-11-37(64-47)40(35)41/h6-9,11-12,14,17,20,22,24,26-27,30,36,46-47H,10,13,15-16,18-19,21,25H2,1-5H3,(H,54,59)(H,53,58,60)/t30?,36?,46?,47-,49?/m0/s1. The fourth-order valence-electron chi connectivity index (χ4n) is 11.3. The van der Waals surface area contributed by atoms with Crippen molar-refractivity contribution in [1.82, 2.24) is 30.4 Å². The van der Waals surface area contributed by atoms with E-state index in [4.69, 9.17) is 14.5 Å². The van der Waals surface area contributed by atoms with E-state index in [1.807, 2.05) is 24.3 Å². The summed E-state index contributed by atoms with van der Waals surface area (Å²) in [5.74, 6) is 0.944. The lowest BCUT2D eigenvalue weighted by atomic mass is 9.45. The van der Waals surface area contributed by atoms with Crippen molar-refractivity contribution in [2.24, 2.45) is 11.3 Å². The molecule has 3 fully saturated rings. The Balaban J connectivity index is 0.734. The van der Waals surface area contributed by atoms with Crippen LogP contribution in [0.1, 0.15) is 109 Å². The van der Waals surface area contributed by atoms with E-state index in [2.05, 4.69) is 72.2 Å². The lowest BCUT2D eigenvalue weighted by molar-refractivity contribution is -0.136. The fraction of sp³-hybridized carbons (Fsp3) is 0.429. The summed E-state index contributed by atoms with van der Waals surface area (Å²) in [6, 6.07) is 15.7. The minimum Gasteiger partial charge on any atom is -0.488 e. The number of imide groups is 2. The number of carbonyl (C=O) groups excluding carboxylic acids is 5. The number of nitriles is 1. The summed E-state index contributed by atoms with van der Waals surface area (Å²) >= 11 is 0. The molecule has 1 saturated carbocycles. The summed E-state index contributed by atoms with van der Waals surface area (Å²) in [4.78, 5) is 79.4. The molecule has 64 heavy (non-hydrogen) atoms. The van der Waals surface area contributed by atoms with Gasteiger partial charge in [-0.2, -0.15) is 5.26 Å². The number of carbonyl (C=O) groups is 5. The molecule has 0 bridgehead atoms. The van der Waals surface area contributed by atoms with Crippen LogP contribution in [-0.2, 0) is 15.0 Å². The van der Waals surface area contributed by atoms with E-state index in [-0.39, 0.29) is 53.5 Å². The van der Waals surface area contributed by atoms with Gasteiger partial charge in [0.25, 0.3) is 17.7 Å². The van der Waals surface area contributed by atoms with Crippen LogP contribution in [0.2, 0.25) is 0 Å². The van der Waals surface area contributed by atoms with Crippen LogP contribution in [0.15, 0.2) is 72.8 Å². The molecule has 2 aromatic heterocycles. The fourth-order valence-corrected chi connectivity index (χ4v) is 11.3. The molecule has 4 aliphatic heterocycles. The van der Waals surface area contributed by atoms with Crippen molar-refractivity contribution in [2.75, 3.05) is 24.5 Å². The van der Waals surface area contributed by atoms with Crippen molar-refractivity contribution in [3.05, 3.63) is 101 Å². The van der Waals surface area contributed by atoms with E-state index in [1.165, 1.54) is 0 Å². The van der Waals surface area contributed by atoms with Gasteiger partial charge in [-0.05, 0) is 106 Å². The van der Waals surface area contributed by atoms with Gasteiger partial charge in [-0.3, -0.25) is 44.1 Å². The molecular weight excluding hydrogens is 813 g/mol. The zero-order chi connectivity index (χ0) is 44.8. The average molecular weight is 863 g/mol. The summed E-state index contributed by atoms with van der Waals surface area (Å²) < 4.78 is 12.8. The van der Waals surface area contributed by atoms with Crippen molar-refractivity contribution in [2.45, 2.75) is 102 Å². The predicted octanol–water partition coefficient (Wildman–Crippen LogP) is 5.42. The Bertz CT molecular complexity index is 2740. The number of nitrogens with one attached hydrogen (secondary N) is 2. The molecule has 15 heteroatoms. The largest absolute Gasteiger partial charge is 0.488 e. The van der Waals surface area contributed by atoms with E-state index in [1.54, 1.807) is 36.7 Å². The molecular formula is C49H50N8O7. The highest BCUT2D eigenvalue weighted by Gasteiger charge is 2.69. The summed E-state index contributed by atoms with van der Waals surface area (Å²) in [6.45, 7) is 13.4. The molecule has 4 unspecified atom stereocenters. The summed E-state index contributed by atoms with van der Waals surface area (Å²) in [5.41, 5.74) is 2.12. The number of pyridine rings is 2. The number of aromatic nitrogens is 2. The van der Waals surface area contributed by atoms with Crippen LogP contribution in [0.25, 0.3) is 10.9 Å². The Morgan fingerprint density at radius 1 is 1.02 bits per heavy atom. The van der Waals surface area contributed by atoms with E-state index < -0.39 is 35.1 Å². The molecule has 6 aliphatic rings. The van der Waals surface area contributed by atoms with Crippen LogP contribution in [-0.4, -0.2) is 99.2 Å². The lowest BCUT2D eigenvalue weighted by Crippen LogP contribution is -2.78. The second-order valence-electron chi connectivity index (χ2n) is 19.1. The van der Waals surface area contributed by atoms with Gasteiger partial charge in [0.1, 0.15) is 41.3 Å². The first kappa shape index (κ1) is 41.4. The van der Waals surface area contributed by atoms with Crippen LogP contribution in [0, 0.1) is 22.7 Å². The summed E-state index contributed by atoms with van der Waals surface area (Å²) in [5, 5.41) is 16.1. The van der Waals surface area contributed by atoms with E-state index in [0.717, 1.165) is 59.9 Å². The van der Waals surface area contributed by atoms with E-state index in [9.17, 15) is 29.2 Å². The smallest absolute Gasteiger partial charge is 0.262 e. The van der Waals surface area contributed by atoms with Crippen molar-refractivity contribution >= 4 is 46.3 Å². The normalized spacial score (nSPS) is 25.8. The zero-order valence-corrected chi connectivity index (χ0v) is 36.5. The minimum atomic E-state index is -1.02. The number of benzene rings is 2. The van der Waals surface area contributed by atoms with Crippen LogP contribution < -0.4 is 25.0 Å². The van der Waals surface area contributed by atoms with E-state index >= 15 is 0 Å². The third-order valence-electron chi connectivity index (χ3n) is 14.6. The van der Waals surface area contributed by atoms with Crippen molar-refractivity contribution in [3.63, 3.8) is 0 Å². The first-order valence-electron chi connectivity index (χ1n) is 22.2. The molecule has 2 saturated heterocycles. The number of piperidine rings is 2. The lowest BCUT2D eigenvalue weighted by Gasteiger charge is -2.66. The van der Waals surface area contributed by atoms with Crippen molar-refractivity contribution < 1.29 is 33.4 Å². The maximum absolute atomic E-state index is 13.8. The molecule has 10 rings (SSSR count). The number of hydrogen-bond acceptors (Lipinski definition) is 12. The molecule has 5 atom stereocenters. The third kappa shape index (κ3) is 6.52. The maximum Gasteiger partial charge on any atom is 0.262 e. The van der Waals surface area contributed by atoms with Crippen molar-refractivity contribution in [1.29, 1.82) is 5.26 Å². The molecule has 2 aromatic carbocycles. The topological polar surface area (TPSA) is 187 Å². The molecule has 2 N–H and O–H groups in total. The molecule has 328 valence electrons. The Labute approximate surface area is 370 Å². The first-order chi connectivity index (χ1) is 30.7. The monoisotopic (exact) mass is 862 g/mol. The van der Waals surface area contributed by atoms with Gasteiger partial charge in [0.15, 0.2) is 0 Å². The number of rotatable bonds is 10. The SMILES string of the molecule is CC(C)N(CC1CCN(c2ccc(C(=O)NC3C(C)(C)[C@@H]4Oc5ccc(C#N)c6nccc(c56)C34C)cn2)CC1)C1C=C(Oc2ccc3c(c2)C(=O)N(C2CCC(=O)NC2=O)C3=O)C1. The van der Waals surface area contributed by atoms with Crippen LogP contribution >= 0.6 is 0 Å². The molecule has 0 radical (unpaired) electrons.